The Bertz CT molecular complexity index is 1760. The number of hydrogen-bond acceptors (Lipinski definition) is 4. The van der Waals surface area contributed by atoms with Gasteiger partial charge in [0, 0.05) is 22.3 Å². The lowest BCUT2D eigenvalue weighted by Crippen LogP contribution is -2.10. The second-order valence-electron chi connectivity index (χ2n) is 9.09. The molecule has 0 aromatic heterocycles. The van der Waals surface area contributed by atoms with Crippen LogP contribution in [-0.2, 0) is 0 Å². The van der Waals surface area contributed by atoms with Crippen LogP contribution in [-0.4, -0.2) is 33.7 Å². The molecule has 6 heteroatoms. The molecule has 0 atom stereocenters. The summed E-state index contributed by atoms with van der Waals surface area (Å²) >= 11 is 0. The summed E-state index contributed by atoms with van der Waals surface area (Å²) in [5.41, 5.74) is 0.903. The van der Waals surface area contributed by atoms with Crippen molar-refractivity contribution < 1.29 is 29.4 Å². The topological polar surface area (TPSA) is 109 Å². The molecule has 0 spiro atoms. The Balaban J connectivity index is 1.50. The minimum absolute atomic E-state index is 0.0516. The Kier molecular flexibility index (Phi) is 5.24. The summed E-state index contributed by atoms with van der Waals surface area (Å²) in [6.07, 6.45) is 0. The average molecular weight is 498 g/mol. The predicted octanol–water partition coefficient (Wildman–Crippen LogP) is 6.44. The van der Waals surface area contributed by atoms with E-state index in [2.05, 4.69) is 0 Å². The molecule has 182 valence electrons. The highest BCUT2D eigenvalue weighted by Gasteiger charge is 2.21. The summed E-state index contributed by atoms with van der Waals surface area (Å²) < 4.78 is 0. The van der Waals surface area contributed by atoms with Crippen molar-refractivity contribution in [1.29, 1.82) is 0 Å². The molecule has 0 saturated heterocycles. The third-order valence-corrected chi connectivity index (χ3v) is 6.86. The third-order valence-electron chi connectivity index (χ3n) is 6.86. The number of carbonyl (C=O) groups is 4. The number of carboxylic acid groups (broad SMARTS) is 2. The summed E-state index contributed by atoms with van der Waals surface area (Å²) in [6.45, 7) is 0. The van der Waals surface area contributed by atoms with E-state index in [0.29, 0.717) is 11.1 Å². The molecular weight excluding hydrogens is 480 g/mol. The first kappa shape index (κ1) is 23.1. The molecule has 38 heavy (non-hydrogen) atoms. The molecule has 0 amide bonds. The number of carboxylic acids is 2. The molecule has 6 aromatic rings. The van der Waals surface area contributed by atoms with Crippen LogP contribution in [0, 0.1) is 0 Å². The van der Waals surface area contributed by atoms with E-state index in [9.17, 15) is 29.4 Å². The molecule has 0 aliphatic rings. The Hall–Kier alpha value is -5.36. The van der Waals surface area contributed by atoms with Crippen LogP contribution in [0.4, 0.5) is 0 Å². The first-order valence-corrected chi connectivity index (χ1v) is 11.8. The predicted molar refractivity (Wildman–Crippen MR) is 144 cm³/mol. The Morgan fingerprint density at radius 1 is 0.421 bits per heavy atom. The van der Waals surface area contributed by atoms with E-state index in [-0.39, 0.29) is 33.8 Å². The molecule has 0 radical (unpaired) electrons. The summed E-state index contributed by atoms with van der Waals surface area (Å²) in [6, 6.07) is 26.8. The number of ketones is 2. The number of carbonyl (C=O) groups excluding carboxylic acids is 2. The number of hydrogen-bond donors (Lipinski definition) is 2. The summed E-state index contributed by atoms with van der Waals surface area (Å²) in [5.74, 6) is -3.08. The van der Waals surface area contributed by atoms with Crippen LogP contribution in [0.2, 0.25) is 0 Å². The van der Waals surface area contributed by atoms with Gasteiger partial charge in [0.15, 0.2) is 11.6 Å². The minimum Gasteiger partial charge on any atom is -0.478 e. The van der Waals surface area contributed by atoms with E-state index in [1.165, 1.54) is 24.3 Å². The van der Waals surface area contributed by atoms with Crippen molar-refractivity contribution in [2.24, 2.45) is 0 Å². The fourth-order valence-electron chi connectivity index (χ4n) is 5.15. The van der Waals surface area contributed by atoms with E-state index in [0.717, 1.165) is 32.3 Å². The fourth-order valence-corrected chi connectivity index (χ4v) is 5.15. The normalized spacial score (nSPS) is 11.3. The van der Waals surface area contributed by atoms with Crippen LogP contribution >= 0.6 is 0 Å². The van der Waals surface area contributed by atoms with Crippen molar-refractivity contribution in [1.82, 2.24) is 0 Å². The second kappa shape index (κ2) is 8.64. The molecule has 0 fully saturated rings. The molecule has 0 heterocycles. The molecule has 6 rings (SSSR count). The van der Waals surface area contributed by atoms with Gasteiger partial charge in [-0.05, 0) is 68.7 Å². The monoisotopic (exact) mass is 498 g/mol. The van der Waals surface area contributed by atoms with Gasteiger partial charge in [-0.3, -0.25) is 9.59 Å². The summed E-state index contributed by atoms with van der Waals surface area (Å²) in [5, 5.41) is 24.1. The molecule has 6 aromatic carbocycles. The van der Waals surface area contributed by atoms with Crippen LogP contribution in [0.3, 0.4) is 0 Å². The van der Waals surface area contributed by atoms with E-state index < -0.39 is 11.9 Å². The Labute approximate surface area is 215 Å². The molecule has 0 aliphatic carbocycles. The molecule has 0 bridgehead atoms. The Morgan fingerprint density at radius 3 is 1.00 bits per heavy atom. The maximum Gasteiger partial charge on any atom is 0.336 e. The van der Waals surface area contributed by atoms with Crippen molar-refractivity contribution in [2.75, 3.05) is 0 Å². The lowest BCUT2D eigenvalue weighted by molar-refractivity contribution is 0.0683. The van der Waals surface area contributed by atoms with Gasteiger partial charge < -0.3 is 10.2 Å². The maximum absolute atomic E-state index is 13.3. The van der Waals surface area contributed by atoms with Crippen LogP contribution in [0.5, 0.6) is 0 Å². The third kappa shape index (κ3) is 3.59. The molecule has 0 aliphatic heterocycles. The highest BCUT2D eigenvalue weighted by atomic mass is 16.4. The van der Waals surface area contributed by atoms with E-state index in [4.69, 9.17) is 0 Å². The van der Waals surface area contributed by atoms with E-state index in [1.54, 1.807) is 48.5 Å². The molecule has 0 saturated carbocycles. The minimum atomic E-state index is -1.16. The zero-order valence-corrected chi connectivity index (χ0v) is 19.8. The van der Waals surface area contributed by atoms with Gasteiger partial charge in [-0.25, -0.2) is 9.59 Å². The number of benzene rings is 6. The lowest BCUT2D eigenvalue weighted by atomic mass is 9.88. The van der Waals surface area contributed by atoms with Gasteiger partial charge in [-0.15, -0.1) is 0 Å². The van der Waals surface area contributed by atoms with Gasteiger partial charge in [0.2, 0.25) is 0 Å². The number of aromatic carboxylic acids is 2. The maximum atomic E-state index is 13.3. The van der Waals surface area contributed by atoms with Gasteiger partial charge in [-0.2, -0.15) is 0 Å². The average Bonchev–Trinajstić information content (AvgIpc) is 2.94. The van der Waals surface area contributed by atoms with Gasteiger partial charge in [0.25, 0.3) is 0 Å². The van der Waals surface area contributed by atoms with Gasteiger partial charge in [0.1, 0.15) is 0 Å². The van der Waals surface area contributed by atoms with E-state index >= 15 is 0 Å². The smallest absolute Gasteiger partial charge is 0.336 e. The van der Waals surface area contributed by atoms with Gasteiger partial charge in [-0.1, -0.05) is 60.7 Å². The van der Waals surface area contributed by atoms with Gasteiger partial charge >= 0.3 is 11.9 Å². The Morgan fingerprint density at radius 2 is 0.711 bits per heavy atom. The van der Waals surface area contributed by atoms with Crippen LogP contribution in [0.15, 0.2) is 97.1 Å². The summed E-state index contributed by atoms with van der Waals surface area (Å²) in [4.78, 5) is 49.9. The molecule has 6 nitrogen and oxygen atoms in total. The first-order valence-electron chi connectivity index (χ1n) is 11.8. The van der Waals surface area contributed by atoms with Crippen molar-refractivity contribution in [3.05, 3.63) is 130 Å². The highest BCUT2D eigenvalue weighted by Crippen LogP contribution is 2.37. The molecular formula is C32H18O6. The van der Waals surface area contributed by atoms with Crippen molar-refractivity contribution in [3.63, 3.8) is 0 Å². The molecule has 0 unspecified atom stereocenters. The van der Waals surface area contributed by atoms with E-state index in [1.807, 2.05) is 24.3 Å². The quantitative estimate of drug-likeness (QED) is 0.202. The van der Waals surface area contributed by atoms with Crippen LogP contribution in [0.25, 0.3) is 32.3 Å². The standard InChI is InChI=1S/C32H18O6/c33-29(23-5-1-3-7-25(23)31(35)36)21-13-17-9-11-19-15-22(16-20-12-10-18(14-21)27(17)28(19)20)30(34)24-6-2-4-8-26(24)32(37)38/h1-16H,(H,35,36)(H,37,38). The van der Waals surface area contributed by atoms with Crippen molar-refractivity contribution in [2.45, 2.75) is 0 Å². The zero-order valence-electron chi connectivity index (χ0n) is 19.8. The van der Waals surface area contributed by atoms with Crippen LogP contribution in [0.1, 0.15) is 52.6 Å². The van der Waals surface area contributed by atoms with Gasteiger partial charge in [0.05, 0.1) is 11.1 Å². The fraction of sp³-hybridized carbons (Fsp3) is 0. The number of rotatable bonds is 6. The summed E-state index contributed by atoms with van der Waals surface area (Å²) in [7, 11) is 0. The first-order chi connectivity index (χ1) is 18.3. The largest absolute Gasteiger partial charge is 0.478 e. The SMILES string of the molecule is O=C(O)c1ccccc1C(=O)c1cc2ccc3cc(C(=O)c4ccccc4C(=O)O)cc4ccc(c1)c2c34. The zero-order chi connectivity index (χ0) is 26.6. The van der Waals surface area contributed by atoms with Crippen molar-refractivity contribution in [3.8, 4) is 0 Å². The van der Waals surface area contributed by atoms with Crippen molar-refractivity contribution >= 4 is 55.8 Å². The second-order valence-corrected chi connectivity index (χ2v) is 9.09. The highest BCUT2D eigenvalue weighted by molar-refractivity contribution is 6.27. The molecule has 2 N–H and O–H groups in total. The lowest BCUT2D eigenvalue weighted by Gasteiger charge is -2.14. The van der Waals surface area contributed by atoms with Crippen LogP contribution < -0.4 is 0 Å².